The Morgan fingerprint density at radius 2 is 0.419 bits per heavy atom. The molecule has 0 fully saturated rings. The second-order valence-corrected chi connectivity index (χ2v) is 38.8. The summed E-state index contributed by atoms with van der Waals surface area (Å²) in [6.07, 6.45) is 5.72. The van der Waals surface area contributed by atoms with E-state index in [1.54, 1.807) is 0 Å². The molecule has 0 radical (unpaired) electrons. The van der Waals surface area contributed by atoms with Crippen LogP contribution in [0.5, 0.6) is 0 Å². The van der Waals surface area contributed by atoms with Gasteiger partial charge in [-0.15, -0.1) is 34.0 Å². The fraction of sp³-hybridized carbons (Fsp3) is 0.297. The summed E-state index contributed by atoms with van der Waals surface area (Å²) in [7, 11) is 0. The third-order valence-electron chi connectivity index (χ3n) is 27.9. The van der Waals surface area contributed by atoms with E-state index in [1.807, 2.05) is 34.0 Å². The van der Waals surface area contributed by atoms with Gasteiger partial charge in [0.05, 0.1) is 14.6 Å². The molecule has 0 amide bonds. The van der Waals surface area contributed by atoms with Gasteiger partial charge < -0.3 is 0 Å². The van der Waals surface area contributed by atoms with Crippen molar-refractivity contribution in [3.8, 4) is 68.9 Å². The molecule has 0 aliphatic heterocycles. The summed E-state index contributed by atoms with van der Waals surface area (Å²) in [4.78, 5) is 3.27. The number of benzene rings is 10. The van der Waals surface area contributed by atoms with Crippen LogP contribution in [0.3, 0.4) is 0 Å². The minimum atomic E-state index is -0.309. The Kier molecular flexibility index (Phi) is 21.5. The molecular formula is C111H111B3S3. The molecule has 0 unspecified atom stereocenters. The Morgan fingerprint density at radius 3 is 0.598 bits per heavy atom. The summed E-state index contributed by atoms with van der Waals surface area (Å²) in [5.74, 6) is 23.0. The van der Waals surface area contributed by atoms with Gasteiger partial charge in [0.15, 0.2) is 0 Å². The van der Waals surface area contributed by atoms with Crippen molar-refractivity contribution in [1.29, 1.82) is 0 Å². The van der Waals surface area contributed by atoms with Crippen LogP contribution in [-0.4, -0.2) is 20.1 Å². The van der Waals surface area contributed by atoms with E-state index in [2.05, 4.69) is 365 Å². The van der Waals surface area contributed by atoms with Gasteiger partial charge >= 0.3 is 0 Å². The van der Waals surface area contributed by atoms with Crippen LogP contribution in [0.25, 0.3) is 33.4 Å². The van der Waals surface area contributed by atoms with Crippen LogP contribution in [0.1, 0.15) is 245 Å². The van der Waals surface area contributed by atoms with E-state index >= 15 is 0 Å². The van der Waals surface area contributed by atoms with Crippen molar-refractivity contribution in [3.05, 3.63) is 329 Å². The predicted molar refractivity (Wildman–Crippen MR) is 516 cm³/mol. The van der Waals surface area contributed by atoms with Gasteiger partial charge in [-0.25, -0.2) is 0 Å². The van der Waals surface area contributed by atoms with Crippen molar-refractivity contribution in [2.24, 2.45) is 0 Å². The number of aryl methyl sites for hydroxylation is 18. The molecule has 0 atom stereocenters. The Labute approximate surface area is 714 Å². The zero-order valence-electron chi connectivity index (χ0n) is 73.8. The smallest absolute Gasteiger partial charge is 0.141 e. The average molecular weight is 1570 g/mol. The van der Waals surface area contributed by atoms with Crippen LogP contribution in [-0.2, 0) is 16.2 Å². The number of rotatable bonds is 15. The molecule has 0 bridgehead atoms. The number of hydrogen-bond acceptors (Lipinski definition) is 3. The third-order valence-corrected chi connectivity index (χ3v) is 31.1. The second-order valence-electron chi connectivity index (χ2n) is 35.4. The van der Waals surface area contributed by atoms with Gasteiger partial charge in [0.25, 0.3) is 20.1 Å². The molecular weight excluding hydrogens is 1460 g/mol. The standard InChI is InChI=1S/C111H111B3S3/c1-25-109(26-2)91-61-82(31-37-85-40-46-94(115-85)112(103-70(13)49-64(7)50-71(103)14)104-72(15)51-65(8)52-73(104)16)34-43-88(91)97-100(109)98-89-44-35-83(32-38-86-41-47-95(116-86)113(105-74(17)53-66(9)54-75(105)18)106-76(19)55-67(10)56-77(106)20)62-92(89)110(27-3,28-4)102(98)99-90-45-36-84(63-93(90)111(29-5,30-6)101(97)99)33-39-87-42-48-96(117-87)114(107-78(21)57-68(11)58-79(107)22)108-80(23)59-69(12)60-81(108)24/h34-36,40-63H,25-30H2,1-24H3. The van der Waals surface area contributed by atoms with Gasteiger partial charge in [0.2, 0.25) is 0 Å². The summed E-state index contributed by atoms with van der Waals surface area (Å²) in [5.41, 5.74) is 51.9. The molecule has 13 aromatic rings. The van der Waals surface area contributed by atoms with Gasteiger partial charge in [-0.1, -0.05) is 319 Å². The van der Waals surface area contributed by atoms with Gasteiger partial charge in [0, 0.05) is 32.9 Å². The topological polar surface area (TPSA) is 0 Å². The molecule has 0 spiro atoms. The molecule has 3 aromatic heterocycles. The summed E-state index contributed by atoms with van der Waals surface area (Å²) < 4.78 is 4.00. The molecule has 3 aliphatic rings. The van der Waals surface area contributed by atoms with Gasteiger partial charge in [-0.3, -0.25) is 0 Å². The SMILES string of the molecule is CCC1(CC)c2cc(C#Cc3ccc(B(c4c(C)cc(C)cc4C)c4c(C)cc(C)cc4C)s3)ccc2-c2c1c1c(c3c2C(CC)(CC)c2cc(C#Cc4ccc(B(c5c(C)cc(C)cc5C)c5c(C)cc(C)cc5C)s4)ccc2-3)C(CC)(CC)c2cc(C#Cc3ccc(B(c4c(C)cc(C)cc4C)c4c(C)cc(C)cc4C)s3)ccc2-1. The highest BCUT2D eigenvalue weighted by Crippen LogP contribution is 2.70. The van der Waals surface area contributed by atoms with Crippen LogP contribution >= 0.6 is 34.0 Å². The van der Waals surface area contributed by atoms with Crippen LogP contribution < -0.4 is 47.1 Å². The summed E-state index contributed by atoms with van der Waals surface area (Å²) in [5, 5.41) is 0. The zero-order chi connectivity index (χ0) is 82.9. The molecule has 582 valence electrons. The average Bonchev–Trinajstić information content (AvgIpc) is 1.48. The lowest BCUT2D eigenvalue weighted by atomic mass is 9.37. The Bertz CT molecular complexity index is 5540. The lowest BCUT2D eigenvalue weighted by Gasteiger charge is -2.37. The molecule has 117 heavy (non-hydrogen) atoms. The lowest BCUT2D eigenvalue weighted by molar-refractivity contribution is 0.473. The second kappa shape index (κ2) is 31.2. The number of hydrogen-bond donors (Lipinski definition) is 0. The van der Waals surface area contributed by atoms with Gasteiger partial charge in [-0.2, -0.15) is 0 Å². The molecule has 0 N–H and O–H groups in total. The minimum Gasteiger partial charge on any atom is -0.141 e. The Balaban J connectivity index is 0.856. The molecule has 3 aliphatic carbocycles. The fourth-order valence-corrected chi connectivity index (χ4v) is 26.3. The predicted octanol–water partition coefficient (Wildman–Crippen LogP) is 22.4. The highest BCUT2D eigenvalue weighted by molar-refractivity contribution is 7.29. The van der Waals surface area contributed by atoms with E-state index < -0.39 is 0 Å². The van der Waals surface area contributed by atoms with E-state index in [4.69, 9.17) is 0 Å². The maximum atomic E-state index is 3.86. The Hall–Kier alpha value is -9.83. The van der Waals surface area contributed by atoms with Crippen LogP contribution in [0.15, 0.2) is 164 Å². The maximum Gasteiger partial charge on any atom is 0.255 e. The van der Waals surface area contributed by atoms with Crippen molar-refractivity contribution in [3.63, 3.8) is 0 Å². The van der Waals surface area contributed by atoms with Crippen molar-refractivity contribution < 1.29 is 0 Å². The number of fused-ring (bicyclic) bond motifs is 12. The quantitative estimate of drug-likeness (QED) is 0.0709. The molecule has 0 saturated carbocycles. The van der Waals surface area contributed by atoms with Crippen molar-refractivity contribution in [2.45, 2.75) is 221 Å². The largest absolute Gasteiger partial charge is 0.255 e. The van der Waals surface area contributed by atoms with Crippen LogP contribution in [0, 0.1) is 160 Å². The third kappa shape index (κ3) is 13.4. The molecule has 0 saturated heterocycles. The van der Waals surface area contributed by atoms with Crippen LogP contribution in [0.4, 0.5) is 0 Å². The first-order valence-corrected chi connectivity index (χ1v) is 45.5. The fourth-order valence-electron chi connectivity index (χ4n) is 23.4. The summed E-state index contributed by atoms with van der Waals surface area (Å²) in [6.45, 7) is 56.1. The zero-order valence-corrected chi connectivity index (χ0v) is 76.2. The van der Waals surface area contributed by atoms with E-state index in [0.717, 1.165) is 69.8 Å². The highest BCUT2D eigenvalue weighted by Gasteiger charge is 2.57. The first kappa shape index (κ1) is 80.9. The number of thiophene rings is 3. The summed E-state index contributed by atoms with van der Waals surface area (Å²) in [6, 6.07) is 64.6. The highest BCUT2D eigenvalue weighted by atomic mass is 32.1. The minimum absolute atomic E-state index is 0.100. The van der Waals surface area contributed by atoms with Crippen molar-refractivity contribution >= 4 is 101 Å². The van der Waals surface area contributed by atoms with Crippen LogP contribution in [0.2, 0.25) is 0 Å². The lowest BCUT2D eigenvalue weighted by Crippen LogP contribution is -2.54. The maximum absolute atomic E-state index is 3.86. The molecule has 10 aromatic carbocycles. The summed E-state index contributed by atoms with van der Waals surface area (Å²) >= 11 is 5.58. The van der Waals surface area contributed by atoms with Gasteiger partial charge in [0.1, 0.15) is 0 Å². The monoisotopic (exact) mass is 1570 g/mol. The molecule has 6 heteroatoms. The first-order chi connectivity index (χ1) is 56.0. The van der Waals surface area contributed by atoms with Crippen molar-refractivity contribution in [1.82, 2.24) is 0 Å². The van der Waals surface area contributed by atoms with E-state index in [0.29, 0.717) is 0 Å². The van der Waals surface area contributed by atoms with E-state index in [1.165, 1.54) is 214 Å². The van der Waals surface area contributed by atoms with Gasteiger partial charge in [-0.05, 0) is 299 Å². The van der Waals surface area contributed by atoms with Crippen molar-refractivity contribution in [2.75, 3.05) is 0 Å². The molecule has 16 rings (SSSR count). The van der Waals surface area contributed by atoms with E-state index in [9.17, 15) is 0 Å². The molecule has 3 heterocycles. The molecule has 0 nitrogen and oxygen atoms in total. The Morgan fingerprint density at radius 1 is 0.231 bits per heavy atom. The normalized spacial score (nSPS) is 13.3. The first-order valence-electron chi connectivity index (χ1n) is 43.1. The van der Waals surface area contributed by atoms with E-state index in [-0.39, 0.29) is 36.4 Å².